The molecule has 1 saturated heterocycles. The number of aliphatic hydroxyl groups is 1. The Balaban J connectivity index is 2.09. The largest absolute Gasteiger partial charge is 0.396 e. The van der Waals surface area contributed by atoms with Crippen LogP contribution in [-0.4, -0.2) is 38.9 Å². The van der Waals surface area contributed by atoms with Gasteiger partial charge in [0.05, 0.1) is 12.1 Å². The van der Waals surface area contributed by atoms with Crippen molar-refractivity contribution in [1.29, 1.82) is 0 Å². The van der Waals surface area contributed by atoms with E-state index in [4.69, 9.17) is 9.84 Å². The Morgan fingerprint density at radius 2 is 2.33 bits per heavy atom. The number of nitrogens with one attached hydrogen (secondary N) is 1. The van der Waals surface area contributed by atoms with Crippen LogP contribution in [0.2, 0.25) is 0 Å². The van der Waals surface area contributed by atoms with Gasteiger partial charge >= 0.3 is 0 Å². The van der Waals surface area contributed by atoms with Gasteiger partial charge in [0.25, 0.3) is 0 Å². The normalized spacial score (nSPS) is 24.6. The fourth-order valence-electron chi connectivity index (χ4n) is 1.89. The van der Waals surface area contributed by atoms with Gasteiger partial charge < -0.3 is 9.84 Å². The molecule has 0 amide bonds. The molecule has 7 heteroatoms. The minimum absolute atomic E-state index is 0.0287. The van der Waals surface area contributed by atoms with Gasteiger partial charge in [-0.05, 0) is 25.5 Å². The lowest BCUT2D eigenvalue weighted by Crippen LogP contribution is -2.38. The molecule has 0 spiro atoms. The molecule has 5 nitrogen and oxygen atoms in total. The molecular formula is C11H17NO4S2. The number of sulfonamides is 1. The average Bonchev–Trinajstić information content (AvgIpc) is 2.90. The molecule has 2 unspecified atom stereocenters. The van der Waals surface area contributed by atoms with Gasteiger partial charge in [0, 0.05) is 24.5 Å². The molecule has 1 aromatic rings. The van der Waals surface area contributed by atoms with E-state index in [2.05, 4.69) is 4.72 Å². The van der Waals surface area contributed by atoms with E-state index in [9.17, 15) is 8.42 Å². The van der Waals surface area contributed by atoms with Crippen molar-refractivity contribution in [3.05, 3.63) is 17.0 Å². The predicted octanol–water partition coefficient (Wildman–Crippen LogP) is 0.739. The van der Waals surface area contributed by atoms with Crippen molar-refractivity contribution in [2.24, 2.45) is 0 Å². The molecule has 18 heavy (non-hydrogen) atoms. The Morgan fingerprint density at radius 1 is 1.56 bits per heavy atom. The average molecular weight is 291 g/mol. The van der Waals surface area contributed by atoms with Crippen molar-refractivity contribution in [3.8, 4) is 0 Å². The second-order valence-corrected chi connectivity index (χ2v) is 7.40. The summed E-state index contributed by atoms with van der Waals surface area (Å²) >= 11 is 1.20. The SMILES string of the molecule is CC1OCCC1NS(=O)(=O)c1ccc(CCO)s1. The molecule has 0 saturated carbocycles. The summed E-state index contributed by atoms with van der Waals surface area (Å²) < 4.78 is 32.6. The first-order valence-corrected chi connectivity index (χ1v) is 8.16. The maximum absolute atomic E-state index is 12.1. The maximum Gasteiger partial charge on any atom is 0.250 e. The van der Waals surface area contributed by atoms with Crippen molar-refractivity contribution >= 4 is 21.4 Å². The third kappa shape index (κ3) is 3.10. The molecule has 0 bridgehead atoms. The van der Waals surface area contributed by atoms with Gasteiger partial charge in [-0.3, -0.25) is 0 Å². The second kappa shape index (κ2) is 5.66. The molecule has 2 rings (SSSR count). The van der Waals surface area contributed by atoms with Crippen LogP contribution in [-0.2, 0) is 21.2 Å². The van der Waals surface area contributed by atoms with Gasteiger partial charge in [0.15, 0.2) is 0 Å². The molecule has 0 aromatic carbocycles. The fraction of sp³-hybridized carbons (Fsp3) is 0.636. The van der Waals surface area contributed by atoms with Crippen LogP contribution in [0.3, 0.4) is 0 Å². The van der Waals surface area contributed by atoms with Gasteiger partial charge in [-0.2, -0.15) is 0 Å². The summed E-state index contributed by atoms with van der Waals surface area (Å²) in [5.74, 6) is 0. The predicted molar refractivity (Wildman–Crippen MR) is 69.2 cm³/mol. The molecular weight excluding hydrogens is 274 g/mol. The molecule has 0 radical (unpaired) electrons. The molecule has 102 valence electrons. The van der Waals surface area contributed by atoms with E-state index in [1.54, 1.807) is 12.1 Å². The number of hydrogen-bond acceptors (Lipinski definition) is 5. The zero-order valence-electron chi connectivity index (χ0n) is 10.1. The highest BCUT2D eigenvalue weighted by Crippen LogP contribution is 2.23. The highest BCUT2D eigenvalue weighted by atomic mass is 32.2. The smallest absolute Gasteiger partial charge is 0.250 e. The summed E-state index contributed by atoms with van der Waals surface area (Å²) in [5, 5.41) is 8.82. The van der Waals surface area contributed by atoms with Crippen LogP contribution in [0.25, 0.3) is 0 Å². The first kappa shape index (κ1) is 14.0. The van der Waals surface area contributed by atoms with Crippen molar-refractivity contribution < 1.29 is 18.3 Å². The Morgan fingerprint density at radius 3 is 2.94 bits per heavy atom. The molecule has 2 heterocycles. The second-order valence-electron chi connectivity index (χ2n) is 4.29. The van der Waals surface area contributed by atoms with Crippen LogP contribution in [0.5, 0.6) is 0 Å². The monoisotopic (exact) mass is 291 g/mol. The Hall–Kier alpha value is -0.470. The summed E-state index contributed by atoms with van der Waals surface area (Å²) in [6.45, 7) is 2.49. The Kier molecular flexibility index (Phi) is 4.39. The number of thiophene rings is 1. The highest BCUT2D eigenvalue weighted by Gasteiger charge is 2.29. The van der Waals surface area contributed by atoms with Crippen LogP contribution in [0.1, 0.15) is 18.2 Å². The van der Waals surface area contributed by atoms with E-state index >= 15 is 0 Å². The number of ether oxygens (including phenoxy) is 1. The molecule has 1 fully saturated rings. The van der Waals surface area contributed by atoms with E-state index in [0.29, 0.717) is 23.7 Å². The lowest BCUT2D eigenvalue weighted by Gasteiger charge is -2.15. The van der Waals surface area contributed by atoms with Crippen molar-refractivity contribution in [2.75, 3.05) is 13.2 Å². The molecule has 2 N–H and O–H groups in total. The van der Waals surface area contributed by atoms with Gasteiger partial charge in [-0.1, -0.05) is 0 Å². The van der Waals surface area contributed by atoms with Gasteiger partial charge in [0.2, 0.25) is 10.0 Å². The zero-order chi connectivity index (χ0) is 13.2. The number of rotatable bonds is 5. The van der Waals surface area contributed by atoms with Crippen LogP contribution in [0.15, 0.2) is 16.3 Å². The molecule has 1 aliphatic heterocycles. The van der Waals surface area contributed by atoms with Crippen molar-refractivity contribution in [3.63, 3.8) is 0 Å². The molecule has 1 aliphatic rings. The highest BCUT2D eigenvalue weighted by molar-refractivity contribution is 7.91. The molecule has 0 aliphatic carbocycles. The maximum atomic E-state index is 12.1. The van der Waals surface area contributed by atoms with Crippen LogP contribution >= 0.6 is 11.3 Å². The van der Waals surface area contributed by atoms with Crippen molar-refractivity contribution in [1.82, 2.24) is 4.72 Å². The third-order valence-electron chi connectivity index (χ3n) is 2.94. The lowest BCUT2D eigenvalue weighted by molar-refractivity contribution is 0.117. The van der Waals surface area contributed by atoms with Crippen LogP contribution < -0.4 is 4.72 Å². The summed E-state index contributed by atoms with van der Waals surface area (Å²) in [5.41, 5.74) is 0. The summed E-state index contributed by atoms with van der Waals surface area (Å²) in [7, 11) is -3.47. The number of hydrogen-bond donors (Lipinski definition) is 2. The summed E-state index contributed by atoms with van der Waals surface area (Å²) in [4.78, 5) is 0.869. The fourth-order valence-corrected chi connectivity index (χ4v) is 4.59. The van der Waals surface area contributed by atoms with E-state index in [1.165, 1.54) is 11.3 Å². The van der Waals surface area contributed by atoms with Crippen molar-refractivity contribution in [2.45, 2.75) is 36.1 Å². The topological polar surface area (TPSA) is 75.6 Å². The van der Waals surface area contributed by atoms with E-state index in [-0.39, 0.29) is 18.8 Å². The van der Waals surface area contributed by atoms with E-state index in [0.717, 1.165) is 4.88 Å². The molecule has 2 atom stereocenters. The lowest BCUT2D eigenvalue weighted by atomic mass is 10.2. The quantitative estimate of drug-likeness (QED) is 0.839. The summed E-state index contributed by atoms with van der Waals surface area (Å²) in [6.07, 6.45) is 1.11. The Bertz CT molecular complexity index is 497. The minimum atomic E-state index is -3.47. The van der Waals surface area contributed by atoms with Gasteiger partial charge in [-0.25, -0.2) is 13.1 Å². The zero-order valence-corrected chi connectivity index (χ0v) is 11.8. The number of aliphatic hydroxyl groups excluding tert-OH is 1. The first-order chi connectivity index (χ1) is 8.53. The third-order valence-corrected chi connectivity index (χ3v) is 6.07. The van der Waals surface area contributed by atoms with E-state index < -0.39 is 10.0 Å². The van der Waals surface area contributed by atoms with E-state index in [1.807, 2.05) is 6.92 Å². The molecule has 1 aromatic heterocycles. The van der Waals surface area contributed by atoms with Crippen LogP contribution in [0, 0.1) is 0 Å². The summed E-state index contributed by atoms with van der Waals surface area (Å²) in [6, 6.07) is 3.17. The Labute approximate surface area is 111 Å². The minimum Gasteiger partial charge on any atom is -0.396 e. The first-order valence-electron chi connectivity index (χ1n) is 5.86. The standard InChI is InChI=1S/C11H17NO4S2/c1-8-10(5-7-16-8)12-18(14,15)11-3-2-9(17-11)4-6-13/h2-3,8,10,12-13H,4-7H2,1H3. The van der Waals surface area contributed by atoms with Gasteiger partial charge in [-0.15, -0.1) is 11.3 Å². The van der Waals surface area contributed by atoms with Crippen LogP contribution in [0.4, 0.5) is 0 Å². The van der Waals surface area contributed by atoms with Gasteiger partial charge in [0.1, 0.15) is 4.21 Å².